The predicted octanol–water partition coefficient (Wildman–Crippen LogP) is 2.33. The van der Waals surface area contributed by atoms with Crippen molar-refractivity contribution in [3.05, 3.63) is 47.8 Å². The van der Waals surface area contributed by atoms with Crippen LogP contribution in [0.2, 0.25) is 0 Å². The van der Waals surface area contributed by atoms with E-state index in [1.807, 2.05) is 44.2 Å². The molecular formula is C15H20N4O. The fourth-order valence-electron chi connectivity index (χ4n) is 1.92. The van der Waals surface area contributed by atoms with E-state index in [1.54, 1.807) is 6.07 Å². The highest BCUT2D eigenvalue weighted by molar-refractivity contribution is 5.46. The van der Waals surface area contributed by atoms with E-state index in [0.29, 0.717) is 17.5 Å². The zero-order chi connectivity index (χ0) is 14.5. The maximum absolute atomic E-state index is 9.55. The minimum absolute atomic E-state index is 0.0229. The van der Waals surface area contributed by atoms with Gasteiger partial charge >= 0.3 is 0 Å². The molecule has 5 nitrogen and oxygen atoms in total. The van der Waals surface area contributed by atoms with Crippen molar-refractivity contribution in [2.24, 2.45) is 0 Å². The van der Waals surface area contributed by atoms with Gasteiger partial charge in [0.25, 0.3) is 0 Å². The van der Waals surface area contributed by atoms with E-state index in [-0.39, 0.29) is 18.6 Å². The summed E-state index contributed by atoms with van der Waals surface area (Å²) in [6.45, 7) is 4.00. The van der Waals surface area contributed by atoms with Crippen LogP contribution in [0.1, 0.15) is 37.2 Å². The lowest BCUT2D eigenvalue weighted by Gasteiger charge is -2.18. The van der Waals surface area contributed by atoms with E-state index in [1.165, 1.54) is 0 Å². The molecule has 0 radical (unpaired) electrons. The number of nitrogens with one attached hydrogen (secondary N) is 1. The quantitative estimate of drug-likeness (QED) is 0.778. The second kappa shape index (κ2) is 6.34. The van der Waals surface area contributed by atoms with Crippen molar-refractivity contribution < 1.29 is 5.11 Å². The van der Waals surface area contributed by atoms with Crippen LogP contribution in [-0.2, 0) is 0 Å². The van der Waals surface area contributed by atoms with E-state index >= 15 is 0 Å². The average Bonchev–Trinajstić information content (AvgIpc) is 2.45. The number of hydrogen-bond donors (Lipinski definition) is 3. The van der Waals surface area contributed by atoms with Crippen LogP contribution >= 0.6 is 0 Å². The summed E-state index contributed by atoms with van der Waals surface area (Å²) in [5.74, 6) is 1.95. The van der Waals surface area contributed by atoms with E-state index in [4.69, 9.17) is 5.73 Å². The molecule has 0 aliphatic rings. The Labute approximate surface area is 118 Å². The number of anilines is 2. The number of nitrogens with zero attached hydrogens (tertiary/aromatic N) is 2. The van der Waals surface area contributed by atoms with Crippen molar-refractivity contribution in [2.45, 2.75) is 25.8 Å². The molecule has 1 heterocycles. The van der Waals surface area contributed by atoms with Crippen LogP contribution in [0.3, 0.4) is 0 Å². The molecular weight excluding hydrogens is 252 g/mol. The first-order valence-electron chi connectivity index (χ1n) is 6.67. The summed E-state index contributed by atoms with van der Waals surface area (Å²) in [5.41, 5.74) is 6.80. The van der Waals surface area contributed by atoms with Crippen LogP contribution in [0.25, 0.3) is 0 Å². The molecule has 2 rings (SSSR count). The van der Waals surface area contributed by atoms with Crippen molar-refractivity contribution in [1.82, 2.24) is 9.97 Å². The van der Waals surface area contributed by atoms with Crippen molar-refractivity contribution in [3.8, 4) is 0 Å². The van der Waals surface area contributed by atoms with Gasteiger partial charge < -0.3 is 16.2 Å². The van der Waals surface area contributed by atoms with Gasteiger partial charge in [0.2, 0.25) is 0 Å². The molecule has 0 saturated carbocycles. The van der Waals surface area contributed by atoms with Gasteiger partial charge in [-0.1, -0.05) is 44.2 Å². The van der Waals surface area contributed by atoms with Crippen LogP contribution in [0.4, 0.5) is 11.6 Å². The maximum Gasteiger partial charge on any atom is 0.135 e. The maximum atomic E-state index is 9.55. The Morgan fingerprint density at radius 2 is 1.90 bits per heavy atom. The van der Waals surface area contributed by atoms with Crippen LogP contribution in [0.5, 0.6) is 0 Å². The Kier molecular flexibility index (Phi) is 4.53. The third-order valence-electron chi connectivity index (χ3n) is 2.99. The number of hydrogen-bond acceptors (Lipinski definition) is 5. The molecule has 1 aromatic heterocycles. The standard InChI is InChI=1S/C15H20N4O/c1-10(2)15-18-13(16)8-14(19-15)17-12(9-20)11-6-4-3-5-7-11/h3-8,10,12,20H,9H2,1-2H3,(H3,16,17,18,19). The summed E-state index contributed by atoms with van der Waals surface area (Å²) < 4.78 is 0. The highest BCUT2D eigenvalue weighted by atomic mass is 16.3. The number of rotatable bonds is 5. The summed E-state index contributed by atoms with van der Waals surface area (Å²) in [6, 6.07) is 11.2. The van der Waals surface area contributed by atoms with Gasteiger partial charge in [-0.15, -0.1) is 0 Å². The fraction of sp³-hybridized carbons (Fsp3) is 0.333. The molecule has 106 valence electrons. The summed E-state index contributed by atoms with van der Waals surface area (Å²) >= 11 is 0. The highest BCUT2D eigenvalue weighted by Crippen LogP contribution is 2.20. The second-order valence-corrected chi connectivity index (χ2v) is 4.98. The van der Waals surface area contributed by atoms with Crippen LogP contribution < -0.4 is 11.1 Å². The monoisotopic (exact) mass is 272 g/mol. The van der Waals surface area contributed by atoms with E-state index < -0.39 is 0 Å². The largest absolute Gasteiger partial charge is 0.394 e. The van der Waals surface area contributed by atoms with E-state index in [9.17, 15) is 5.11 Å². The van der Waals surface area contributed by atoms with Gasteiger partial charge in [0, 0.05) is 12.0 Å². The zero-order valence-electron chi connectivity index (χ0n) is 11.7. The van der Waals surface area contributed by atoms with Crippen molar-refractivity contribution >= 4 is 11.6 Å². The number of nitrogen functional groups attached to an aromatic ring is 1. The number of benzene rings is 1. The van der Waals surface area contributed by atoms with E-state index in [2.05, 4.69) is 15.3 Å². The SMILES string of the molecule is CC(C)c1nc(N)cc(NC(CO)c2ccccc2)n1. The van der Waals surface area contributed by atoms with Crippen LogP contribution in [0.15, 0.2) is 36.4 Å². The first kappa shape index (κ1) is 14.3. The van der Waals surface area contributed by atoms with Crippen molar-refractivity contribution in [1.29, 1.82) is 0 Å². The summed E-state index contributed by atoms with van der Waals surface area (Å²) in [5, 5.41) is 12.8. The number of aliphatic hydroxyl groups is 1. The lowest BCUT2D eigenvalue weighted by atomic mass is 10.1. The van der Waals surface area contributed by atoms with Crippen molar-refractivity contribution in [2.75, 3.05) is 17.7 Å². The molecule has 0 fully saturated rings. The fourth-order valence-corrected chi connectivity index (χ4v) is 1.92. The topological polar surface area (TPSA) is 84.1 Å². The van der Waals surface area contributed by atoms with Gasteiger partial charge in [0.1, 0.15) is 17.5 Å². The summed E-state index contributed by atoms with van der Waals surface area (Å²) in [7, 11) is 0. The molecule has 1 aromatic carbocycles. The zero-order valence-corrected chi connectivity index (χ0v) is 11.7. The van der Waals surface area contributed by atoms with Gasteiger partial charge in [-0.25, -0.2) is 9.97 Å². The van der Waals surface area contributed by atoms with Crippen LogP contribution in [0, 0.1) is 0 Å². The minimum atomic E-state index is -0.217. The molecule has 5 heteroatoms. The lowest BCUT2D eigenvalue weighted by Crippen LogP contribution is -2.16. The summed E-state index contributed by atoms with van der Waals surface area (Å²) in [4.78, 5) is 8.64. The number of aromatic nitrogens is 2. The van der Waals surface area contributed by atoms with Gasteiger partial charge in [0.15, 0.2) is 0 Å². The molecule has 1 atom stereocenters. The molecule has 0 aliphatic heterocycles. The van der Waals surface area contributed by atoms with Gasteiger partial charge in [-0.3, -0.25) is 0 Å². The Hall–Kier alpha value is -2.14. The van der Waals surface area contributed by atoms with E-state index in [0.717, 1.165) is 5.56 Å². The van der Waals surface area contributed by atoms with Gasteiger partial charge in [-0.05, 0) is 5.56 Å². The molecule has 0 spiro atoms. The third-order valence-corrected chi connectivity index (χ3v) is 2.99. The smallest absolute Gasteiger partial charge is 0.135 e. The normalized spacial score (nSPS) is 12.4. The second-order valence-electron chi connectivity index (χ2n) is 4.98. The van der Waals surface area contributed by atoms with Gasteiger partial charge in [0.05, 0.1) is 12.6 Å². The Balaban J connectivity index is 2.24. The Morgan fingerprint density at radius 3 is 2.50 bits per heavy atom. The molecule has 20 heavy (non-hydrogen) atoms. The Morgan fingerprint density at radius 1 is 1.20 bits per heavy atom. The first-order valence-corrected chi connectivity index (χ1v) is 6.67. The Bertz CT molecular complexity index is 557. The van der Waals surface area contributed by atoms with Crippen LogP contribution in [-0.4, -0.2) is 21.7 Å². The number of aliphatic hydroxyl groups excluding tert-OH is 1. The molecule has 4 N–H and O–H groups in total. The minimum Gasteiger partial charge on any atom is -0.394 e. The molecule has 0 bridgehead atoms. The first-order chi connectivity index (χ1) is 9.60. The third kappa shape index (κ3) is 3.45. The average molecular weight is 272 g/mol. The summed E-state index contributed by atoms with van der Waals surface area (Å²) in [6.07, 6.45) is 0. The predicted molar refractivity (Wildman–Crippen MR) is 80.4 cm³/mol. The highest BCUT2D eigenvalue weighted by Gasteiger charge is 2.12. The molecule has 2 aromatic rings. The molecule has 0 saturated heterocycles. The number of nitrogens with two attached hydrogens (primary N) is 1. The molecule has 0 aliphatic carbocycles. The van der Waals surface area contributed by atoms with Crippen molar-refractivity contribution in [3.63, 3.8) is 0 Å². The lowest BCUT2D eigenvalue weighted by molar-refractivity contribution is 0.276. The molecule has 1 unspecified atom stereocenters. The van der Waals surface area contributed by atoms with Gasteiger partial charge in [-0.2, -0.15) is 0 Å². The molecule has 0 amide bonds.